The van der Waals surface area contributed by atoms with E-state index in [0.717, 1.165) is 33.5 Å². The van der Waals surface area contributed by atoms with E-state index in [0.29, 0.717) is 13.2 Å². The standard InChI is InChI=1S/C18H14O3/c1-3-7-17-13(5-1)9-15(20-17)11-19-12-16-10-14-6-2-4-8-18(14)21-16/h1-10H,11-12H2. The topological polar surface area (TPSA) is 35.5 Å². The predicted octanol–water partition coefficient (Wildman–Crippen LogP) is 4.90. The molecule has 3 nitrogen and oxygen atoms in total. The summed E-state index contributed by atoms with van der Waals surface area (Å²) in [5.74, 6) is 1.65. The summed E-state index contributed by atoms with van der Waals surface area (Å²) in [4.78, 5) is 0. The van der Waals surface area contributed by atoms with Crippen LogP contribution in [0, 0.1) is 0 Å². The number of benzene rings is 2. The Morgan fingerprint density at radius 1 is 0.667 bits per heavy atom. The molecule has 0 amide bonds. The quantitative estimate of drug-likeness (QED) is 0.533. The monoisotopic (exact) mass is 278 g/mol. The number of furan rings is 2. The molecule has 4 rings (SSSR count). The van der Waals surface area contributed by atoms with E-state index in [1.54, 1.807) is 0 Å². The van der Waals surface area contributed by atoms with Gasteiger partial charge in [-0.2, -0.15) is 0 Å². The zero-order chi connectivity index (χ0) is 14.1. The largest absolute Gasteiger partial charge is 0.459 e. The number of para-hydroxylation sites is 2. The summed E-state index contributed by atoms with van der Waals surface area (Å²) in [6, 6.07) is 19.9. The van der Waals surface area contributed by atoms with Crippen LogP contribution in [0.25, 0.3) is 21.9 Å². The van der Waals surface area contributed by atoms with Gasteiger partial charge in [0.1, 0.15) is 35.9 Å². The van der Waals surface area contributed by atoms with Crippen LogP contribution in [0.1, 0.15) is 11.5 Å². The van der Waals surface area contributed by atoms with Gasteiger partial charge in [-0.15, -0.1) is 0 Å². The van der Waals surface area contributed by atoms with Gasteiger partial charge < -0.3 is 13.6 Å². The van der Waals surface area contributed by atoms with Crippen molar-refractivity contribution < 1.29 is 13.6 Å². The van der Waals surface area contributed by atoms with Crippen LogP contribution in [0.5, 0.6) is 0 Å². The van der Waals surface area contributed by atoms with Crippen LogP contribution in [0.15, 0.2) is 69.5 Å². The van der Waals surface area contributed by atoms with Crippen LogP contribution in [-0.4, -0.2) is 0 Å². The zero-order valence-corrected chi connectivity index (χ0v) is 11.4. The van der Waals surface area contributed by atoms with Crippen molar-refractivity contribution in [1.82, 2.24) is 0 Å². The fourth-order valence-electron chi connectivity index (χ4n) is 2.47. The minimum atomic E-state index is 0.436. The molecule has 3 heteroatoms. The average Bonchev–Trinajstić information content (AvgIpc) is 3.09. The van der Waals surface area contributed by atoms with E-state index in [9.17, 15) is 0 Å². The van der Waals surface area contributed by atoms with Crippen molar-refractivity contribution in [2.45, 2.75) is 13.2 Å². The van der Waals surface area contributed by atoms with Gasteiger partial charge in [-0.25, -0.2) is 0 Å². The molecule has 0 radical (unpaired) electrons. The van der Waals surface area contributed by atoms with Crippen molar-refractivity contribution in [3.05, 3.63) is 72.2 Å². The molecule has 0 spiro atoms. The van der Waals surface area contributed by atoms with Gasteiger partial charge in [-0.05, 0) is 24.3 Å². The lowest BCUT2D eigenvalue weighted by Gasteiger charge is -1.98. The molecule has 21 heavy (non-hydrogen) atoms. The second kappa shape index (κ2) is 5.11. The van der Waals surface area contributed by atoms with Crippen molar-refractivity contribution in [3.63, 3.8) is 0 Å². The summed E-state index contributed by atoms with van der Waals surface area (Å²) in [6.45, 7) is 0.872. The Hall–Kier alpha value is -2.52. The van der Waals surface area contributed by atoms with E-state index in [4.69, 9.17) is 13.6 Å². The number of hydrogen-bond donors (Lipinski definition) is 0. The van der Waals surface area contributed by atoms with Gasteiger partial charge in [0.05, 0.1) is 0 Å². The van der Waals surface area contributed by atoms with E-state index < -0.39 is 0 Å². The van der Waals surface area contributed by atoms with Gasteiger partial charge in [0, 0.05) is 10.8 Å². The van der Waals surface area contributed by atoms with E-state index in [1.165, 1.54) is 0 Å². The Morgan fingerprint density at radius 2 is 1.14 bits per heavy atom. The minimum absolute atomic E-state index is 0.436. The first-order chi connectivity index (χ1) is 10.4. The van der Waals surface area contributed by atoms with E-state index in [-0.39, 0.29) is 0 Å². The lowest BCUT2D eigenvalue weighted by molar-refractivity contribution is 0.0823. The SMILES string of the molecule is c1ccc2oc(COCc3cc4ccccc4o3)cc2c1. The van der Waals surface area contributed by atoms with Crippen LogP contribution < -0.4 is 0 Å². The molecule has 4 aromatic rings. The third-order valence-corrected chi connectivity index (χ3v) is 3.44. The average molecular weight is 278 g/mol. The van der Waals surface area contributed by atoms with Crippen molar-refractivity contribution in [3.8, 4) is 0 Å². The van der Waals surface area contributed by atoms with E-state index >= 15 is 0 Å². The highest BCUT2D eigenvalue weighted by molar-refractivity contribution is 5.78. The number of hydrogen-bond acceptors (Lipinski definition) is 3. The van der Waals surface area contributed by atoms with E-state index in [2.05, 4.69) is 0 Å². The first-order valence-electron chi connectivity index (χ1n) is 6.91. The van der Waals surface area contributed by atoms with Crippen LogP contribution >= 0.6 is 0 Å². The summed E-state index contributed by atoms with van der Waals surface area (Å²) < 4.78 is 17.1. The van der Waals surface area contributed by atoms with Crippen molar-refractivity contribution in [2.24, 2.45) is 0 Å². The Bertz CT molecular complexity index is 745. The number of rotatable bonds is 4. The highest BCUT2D eigenvalue weighted by Crippen LogP contribution is 2.21. The minimum Gasteiger partial charge on any atom is -0.459 e. The molecule has 104 valence electrons. The summed E-state index contributed by atoms with van der Waals surface area (Å²) in [6.07, 6.45) is 0. The molecule has 0 aliphatic carbocycles. The normalized spacial score (nSPS) is 11.4. The maximum absolute atomic E-state index is 5.71. The van der Waals surface area contributed by atoms with Crippen molar-refractivity contribution in [2.75, 3.05) is 0 Å². The third-order valence-electron chi connectivity index (χ3n) is 3.44. The fraction of sp³-hybridized carbons (Fsp3) is 0.111. The zero-order valence-electron chi connectivity index (χ0n) is 11.4. The predicted molar refractivity (Wildman–Crippen MR) is 80.9 cm³/mol. The van der Waals surface area contributed by atoms with E-state index in [1.807, 2.05) is 60.7 Å². The molecule has 2 aromatic carbocycles. The lowest BCUT2D eigenvalue weighted by atomic mass is 10.2. The highest BCUT2D eigenvalue weighted by atomic mass is 16.5. The molecular formula is C18H14O3. The molecule has 0 fully saturated rings. The molecule has 2 aromatic heterocycles. The first kappa shape index (κ1) is 12.2. The molecule has 0 N–H and O–H groups in total. The Kier molecular flexibility index (Phi) is 2.98. The van der Waals surface area contributed by atoms with Gasteiger partial charge in [-0.3, -0.25) is 0 Å². The van der Waals surface area contributed by atoms with Crippen LogP contribution in [0.2, 0.25) is 0 Å². The van der Waals surface area contributed by atoms with Gasteiger partial charge >= 0.3 is 0 Å². The van der Waals surface area contributed by atoms with Crippen molar-refractivity contribution >= 4 is 21.9 Å². The first-order valence-corrected chi connectivity index (χ1v) is 6.91. The molecule has 0 unspecified atom stereocenters. The maximum Gasteiger partial charge on any atom is 0.134 e. The number of fused-ring (bicyclic) bond motifs is 2. The highest BCUT2D eigenvalue weighted by Gasteiger charge is 2.06. The fourth-order valence-corrected chi connectivity index (χ4v) is 2.47. The summed E-state index contributed by atoms with van der Waals surface area (Å²) in [5, 5.41) is 2.19. The third kappa shape index (κ3) is 2.43. The van der Waals surface area contributed by atoms with Gasteiger partial charge in [-0.1, -0.05) is 36.4 Å². The summed E-state index contributed by atoms with van der Waals surface area (Å²) in [5.41, 5.74) is 1.78. The molecule has 0 atom stereocenters. The summed E-state index contributed by atoms with van der Waals surface area (Å²) in [7, 11) is 0. The van der Waals surface area contributed by atoms with Crippen LogP contribution in [0.3, 0.4) is 0 Å². The molecule has 0 bridgehead atoms. The Labute approximate surface area is 121 Å². The second-order valence-corrected chi connectivity index (χ2v) is 4.99. The molecule has 0 saturated carbocycles. The Balaban J connectivity index is 1.44. The molecule has 0 aliphatic rings. The molecule has 2 heterocycles. The second-order valence-electron chi connectivity index (χ2n) is 4.99. The molecule has 0 saturated heterocycles. The molecular weight excluding hydrogens is 264 g/mol. The van der Waals surface area contributed by atoms with Gasteiger partial charge in [0.2, 0.25) is 0 Å². The van der Waals surface area contributed by atoms with Gasteiger partial charge in [0.15, 0.2) is 0 Å². The van der Waals surface area contributed by atoms with Gasteiger partial charge in [0.25, 0.3) is 0 Å². The van der Waals surface area contributed by atoms with Crippen LogP contribution in [0.4, 0.5) is 0 Å². The smallest absolute Gasteiger partial charge is 0.134 e. The Morgan fingerprint density at radius 3 is 1.62 bits per heavy atom. The number of ether oxygens (including phenoxy) is 1. The lowest BCUT2D eigenvalue weighted by Crippen LogP contribution is -1.90. The molecule has 0 aliphatic heterocycles. The van der Waals surface area contributed by atoms with Crippen molar-refractivity contribution in [1.29, 1.82) is 0 Å². The van der Waals surface area contributed by atoms with Crippen LogP contribution in [-0.2, 0) is 18.0 Å². The maximum atomic E-state index is 5.71. The summed E-state index contributed by atoms with van der Waals surface area (Å²) >= 11 is 0.